The smallest absolute Gasteiger partial charge is 0.407 e. The first-order valence-electron chi connectivity index (χ1n) is 7.11. The first-order valence-corrected chi connectivity index (χ1v) is 7.11. The topological polar surface area (TPSA) is 58.6 Å². The Morgan fingerprint density at radius 1 is 1.40 bits per heavy atom. The van der Waals surface area contributed by atoms with E-state index in [0.29, 0.717) is 18.2 Å². The zero-order chi connectivity index (χ0) is 14.8. The second-order valence-corrected chi connectivity index (χ2v) is 6.44. The van der Waals surface area contributed by atoms with E-state index in [1.165, 1.54) is 11.1 Å². The number of hydrogen-bond acceptors (Lipinski definition) is 3. The van der Waals surface area contributed by atoms with Crippen LogP contribution in [0.1, 0.15) is 38.3 Å². The molecule has 0 aromatic heterocycles. The predicted octanol–water partition coefficient (Wildman–Crippen LogP) is 3.02. The molecular weight excluding hydrogens is 254 g/mol. The summed E-state index contributed by atoms with van der Waals surface area (Å²) in [7, 11) is 0. The van der Waals surface area contributed by atoms with Crippen LogP contribution in [-0.4, -0.2) is 23.3 Å². The van der Waals surface area contributed by atoms with Gasteiger partial charge >= 0.3 is 6.09 Å². The van der Waals surface area contributed by atoms with Crippen LogP contribution in [0.25, 0.3) is 0 Å². The molecule has 0 heterocycles. The van der Waals surface area contributed by atoms with Crippen LogP contribution in [0.3, 0.4) is 0 Å². The van der Waals surface area contributed by atoms with Crippen molar-refractivity contribution in [2.75, 3.05) is 6.54 Å². The number of aromatic hydroxyl groups is 1. The van der Waals surface area contributed by atoms with Gasteiger partial charge in [0, 0.05) is 6.54 Å². The summed E-state index contributed by atoms with van der Waals surface area (Å²) in [6.07, 6.45) is 2.57. The van der Waals surface area contributed by atoms with Crippen molar-refractivity contribution >= 4 is 6.09 Å². The summed E-state index contributed by atoms with van der Waals surface area (Å²) < 4.78 is 5.23. The lowest BCUT2D eigenvalue weighted by atomic mass is 9.84. The van der Waals surface area contributed by atoms with Crippen LogP contribution in [0.15, 0.2) is 18.2 Å². The Morgan fingerprint density at radius 2 is 2.15 bits per heavy atom. The van der Waals surface area contributed by atoms with Crippen molar-refractivity contribution in [1.29, 1.82) is 0 Å². The molecule has 0 bridgehead atoms. The van der Waals surface area contributed by atoms with Gasteiger partial charge in [0.15, 0.2) is 0 Å². The summed E-state index contributed by atoms with van der Waals surface area (Å²) in [6.45, 7) is 6.18. The molecule has 110 valence electrons. The fourth-order valence-corrected chi connectivity index (χ4v) is 2.54. The normalized spacial score (nSPS) is 18.2. The van der Waals surface area contributed by atoms with Gasteiger partial charge in [-0.3, -0.25) is 0 Å². The number of amides is 1. The molecule has 0 fully saturated rings. The number of ether oxygens (including phenoxy) is 1. The molecule has 1 aliphatic carbocycles. The third kappa shape index (κ3) is 4.15. The van der Waals surface area contributed by atoms with Gasteiger partial charge in [-0.15, -0.1) is 0 Å². The molecule has 1 amide bonds. The van der Waals surface area contributed by atoms with Crippen molar-refractivity contribution in [3.05, 3.63) is 29.3 Å². The summed E-state index contributed by atoms with van der Waals surface area (Å²) >= 11 is 0. The van der Waals surface area contributed by atoms with E-state index in [1.807, 2.05) is 32.9 Å². The Labute approximate surface area is 120 Å². The Balaban J connectivity index is 1.86. The SMILES string of the molecule is CC(C)(C)OC(=O)NC[C@@H]1CCc2ccc(O)cc2C1. The standard InChI is InChI=1S/C16H23NO3/c1-16(2,3)20-15(19)17-10-11-4-5-12-6-7-14(18)9-13(12)8-11/h6-7,9,11,18H,4-5,8,10H2,1-3H3,(H,17,19)/t11-/m1/s1. The van der Waals surface area contributed by atoms with Gasteiger partial charge in [-0.1, -0.05) is 6.07 Å². The quantitative estimate of drug-likeness (QED) is 0.873. The summed E-state index contributed by atoms with van der Waals surface area (Å²) in [6, 6.07) is 5.55. The van der Waals surface area contributed by atoms with E-state index in [4.69, 9.17) is 4.74 Å². The van der Waals surface area contributed by atoms with Gasteiger partial charge < -0.3 is 15.2 Å². The monoisotopic (exact) mass is 277 g/mol. The highest BCUT2D eigenvalue weighted by molar-refractivity contribution is 5.67. The minimum Gasteiger partial charge on any atom is -0.508 e. The van der Waals surface area contributed by atoms with E-state index in [-0.39, 0.29) is 6.09 Å². The molecule has 2 rings (SSSR count). The van der Waals surface area contributed by atoms with Crippen molar-refractivity contribution in [2.45, 2.75) is 45.6 Å². The highest BCUT2D eigenvalue weighted by Crippen LogP contribution is 2.27. The number of benzene rings is 1. The number of nitrogens with one attached hydrogen (secondary N) is 1. The number of fused-ring (bicyclic) bond motifs is 1. The third-order valence-electron chi connectivity index (χ3n) is 3.45. The first kappa shape index (κ1) is 14.7. The lowest BCUT2D eigenvalue weighted by Gasteiger charge is -2.26. The Hall–Kier alpha value is -1.71. The Bertz CT molecular complexity index is 491. The molecule has 20 heavy (non-hydrogen) atoms. The molecule has 1 atom stereocenters. The summed E-state index contributed by atoms with van der Waals surface area (Å²) in [5.74, 6) is 0.710. The van der Waals surface area contributed by atoms with Crippen molar-refractivity contribution in [2.24, 2.45) is 5.92 Å². The number of aryl methyl sites for hydroxylation is 1. The number of phenols is 1. The zero-order valence-electron chi connectivity index (χ0n) is 12.4. The van der Waals surface area contributed by atoms with Crippen LogP contribution in [0.4, 0.5) is 4.79 Å². The molecule has 1 aromatic rings. The number of hydrogen-bond donors (Lipinski definition) is 2. The van der Waals surface area contributed by atoms with Gasteiger partial charge in [0.05, 0.1) is 0 Å². The zero-order valence-corrected chi connectivity index (χ0v) is 12.4. The molecule has 0 aliphatic heterocycles. The average Bonchev–Trinajstić information content (AvgIpc) is 2.33. The minimum atomic E-state index is -0.463. The van der Waals surface area contributed by atoms with E-state index in [9.17, 15) is 9.90 Å². The van der Waals surface area contributed by atoms with Crippen molar-refractivity contribution in [1.82, 2.24) is 5.32 Å². The van der Waals surface area contributed by atoms with Gasteiger partial charge in [-0.2, -0.15) is 0 Å². The van der Waals surface area contributed by atoms with E-state index in [1.54, 1.807) is 6.07 Å². The number of carbonyl (C=O) groups excluding carboxylic acids is 1. The molecule has 2 N–H and O–H groups in total. The van der Waals surface area contributed by atoms with Crippen LogP contribution in [-0.2, 0) is 17.6 Å². The number of carbonyl (C=O) groups is 1. The lowest BCUT2D eigenvalue weighted by Crippen LogP contribution is -2.36. The van der Waals surface area contributed by atoms with Crippen molar-refractivity contribution in [3.63, 3.8) is 0 Å². The first-order chi connectivity index (χ1) is 9.33. The van der Waals surface area contributed by atoms with E-state index >= 15 is 0 Å². The second kappa shape index (κ2) is 5.73. The molecule has 0 radical (unpaired) electrons. The van der Waals surface area contributed by atoms with Gasteiger partial charge in [0.2, 0.25) is 0 Å². The molecule has 4 nitrogen and oxygen atoms in total. The van der Waals surface area contributed by atoms with Gasteiger partial charge in [0.25, 0.3) is 0 Å². The van der Waals surface area contributed by atoms with Crippen molar-refractivity contribution < 1.29 is 14.6 Å². The minimum absolute atomic E-state index is 0.310. The van der Waals surface area contributed by atoms with Gasteiger partial charge in [0.1, 0.15) is 11.4 Å². The molecule has 0 saturated carbocycles. The van der Waals surface area contributed by atoms with Crippen LogP contribution in [0.5, 0.6) is 5.75 Å². The second-order valence-electron chi connectivity index (χ2n) is 6.44. The largest absolute Gasteiger partial charge is 0.508 e. The molecule has 1 aromatic carbocycles. The maximum atomic E-state index is 11.6. The summed E-state index contributed by atoms with van der Waals surface area (Å²) in [5, 5.41) is 12.4. The Morgan fingerprint density at radius 3 is 2.85 bits per heavy atom. The Kier molecular flexibility index (Phi) is 4.21. The average molecular weight is 277 g/mol. The van der Waals surface area contributed by atoms with Gasteiger partial charge in [-0.25, -0.2) is 4.79 Å². The highest BCUT2D eigenvalue weighted by atomic mass is 16.6. The third-order valence-corrected chi connectivity index (χ3v) is 3.45. The van der Waals surface area contributed by atoms with Crippen LogP contribution < -0.4 is 5.32 Å². The van der Waals surface area contributed by atoms with E-state index < -0.39 is 5.60 Å². The van der Waals surface area contributed by atoms with E-state index in [2.05, 4.69) is 5.32 Å². The molecule has 4 heteroatoms. The van der Waals surface area contributed by atoms with Crippen LogP contribution in [0.2, 0.25) is 0 Å². The van der Waals surface area contributed by atoms with Gasteiger partial charge in [-0.05, 0) is 69.2 Å². The fraction of sp³-hybridized carbons (Fsp3) is 0.562. The molecule has 0 saturated heterocycles. The highest BCUT2D eigenvalue weighted by Gasteiger charge is 2.21. The molecule has 0 spiro atoms. The predicted molar refractivity (Wildman–Crippen MR) is 77.9 cm³/mol. The number of phenolic OH excluding ortho intramolecular Hbond substituents is 1. The number of rotatable bonds is 2. The maximum Gasteiger partial charge on any atom is 0.407 e. The molecule has 0 unspecified atom stereocenters. The maximum absolute atomic E-state index is 11.6. The lowest BCUT2D eigenvalue weighted by molar-refractivity contribution is 0.0518. The van der Waals surface area contributed by atoms with Crippen LogP contribution in [0, 0.1) is 5.92 Å². The summed E-state index contributed by atoms with van der Waals surface area (Å²) in [4.78, 5) is 11.6. The summed E-state index contributed by atoms with van der Waals surface area (Å²) in [5.41, 5.74) is 2.03. The molecule has 1 aliphatic rings. The fourth-order valence-electron chi connectivity index (χ4n) is 2.54. The number of alkyl carbamates (subject to hydrolysis) is 1. The molecular formula is C16H23NO3. The van der Waals surface area contributed by atoms with Crippen molar-refractivity contribution in [3.8, 4) is 5.75 Å². The van der Waals surface area contributed by atoms with Crippen LogP contribution >= 0.6 is 0 Å². The van der Waals surface area contributed by atoms with E-state index in [0.717, 1.165) is 19.3 Å².